The minimum atomic E-state index is -1.96. The van der Waals surface area contributed by atoms with Crippen LogP contribution in [0.3, 0.4) is 0 Å². The first-order chi connectivity index (χ1) is 11.8. The van der Waals surface area contributed by atoms with E-state index >= 15 is 0 Å². The van der Waals surface area contributed by atoms with Crippen LogP contribution in [0.1, 0.15) is 78.1 Å². The molecule has 154 valence electrons. The molecule has 0 fully saturated rings. The summed E-state index contributed by atoms with van der Waals surface area (Å²) in [6.07, 6.45) is 13.6. The number of unbranched alkanes of at least 4 members (excludes halogenated alkanes) is 8. The predicted molar refractivity (Wildman–Crippen MR) is 118 cm³/mol. The molecule has 4 nitrogen and oxygen atoms in total. The van der Waals surface area contributed by atoms with Crippen molar-refractivity contribution in [1.82, 2.24) is 18.7 Å². The van der Waals surface area contributed by atoms with Crippen molar-refractivity contribution in [3.05, 3.63) is 0 Å². The van der Waals surface area contributed by atoms with Crippen molar-refractivity contribution in [3.8, 4) is 0 Å². The minimum absolute atomic E-state index is 1.23. The molecule has 0 amide bonds. The van der Waals surface area contributed by atoms with Gasteiger partial charge in [-0.2, -0.15) is 0 Å². The Bertz CT molecular complexity index is 272. The van der Waals surface area contributed by atoms with Crippen LogP contribution in [0.15, 0.2) is 0 Å². The van der Waals surface area contributed by atoms with Gasteiger partial charge in [0.25, 0.3) is 0 Å². The molecule has 0 unspecified atom stereocenters. The van der Waals surface area contributed by atoms with E-state index in [-0.39, 0.29) is 0 Å². The Kier molecular flexibility index (Phi) is 14.5. The SMILES string of the molecule is CCCCCCCN(CCCCCCC)[PH](N(C)C)(N(C)C)N(C)C. The van der Waals surface area contributed by atoms with E-state index in [9.17, 15) is 0 Å². The van der Waals surface area contributed by atoms with Crippen molar-refractivity contribution in [1.29, 1.82) is 0 Å². The van der Waals surface area contributed by atoms with Crippen molar-refractivity contribution in [2.45, 2.75) is 78.1 Å². The van der Waals surface area contributed by atoms with Gasteiger partial charge in [0.15, 0.2) is 0 Å². The van der Waals surface area contributed by atoms with Gasteiger partial charge in [0.1, 0.15) is 0 Å². The van der Waals surface area contributed by atoms with E-state index < -0.39 is 7.87 Å². The molecule has 0 aromatic heterocycles. The Hall–Kier alpha value is 0.270. The van der Waals surface area contributed by atoms with Gasteiger partial charge >= 0.3 is 160 Å². The zero-order valence-corrected chi connectivity index (χ0v) is 19.8. The monoisotopic (exact) mass is 376 g/mol. The third kappa shape index (κ3) is 8.22. The Morgan fingerprint density at radius 3 is 1.08 bits per heavy atom. The molecule has 0 N–H and O–H groups in total. The second-order valence-corrected chi connectivity index (χ2v) is 12.6. The molecule has 0 aliphatic rings. The first-order valence-electron chi connectivity index (χ1n) is 10.6. The summed E-state index contributed by atoms with van der Waals surface area (Å²) < 4.78 is 10.4. The molecule has 0 aromatic carbocycles. The maximum absolute atomic E-state index is 2.84. The number of rotatable bonds is 16. The molecule has 25 heavy (non-hydrogen) atoms. The molecule has 0 spiro atoms. The molecule has 0 saturated carbocycles. The fraction of sp³-hybridized carbons (Fsp3) is 1.00. The molecule has 0 rings (SSSR count). The summed E-state index contributed by atoms with van der Waals surface area (Å²) in [5.41, 5.74) is 0. The molecule has 0 heterocycles. The van der Waals surface area contributed by atoms with Gasteiger partial charge in [-0.3, -0.25) is 0 Å². The topological polar surface area (TPSA) is 13.0 Å². The average Bonchev–Trinajstić information content (AvgIpc) is 2.53. The second-order valence-electron chi connectivity index (χ2n) is 8.10. The van der Waals surface area contributed by atoms with Crippen LogP contribution >= 0.6 is 7.87 Å². The standard InChI is InChI=1S/C20H49N4P/c1-9-11-13-15-17-19-24(20-18-16-14-12-10-2)25(21(3)4,22(5)6)23(7)8/h25H,9-20H2,1-8H3. The average molecular weight is 377 g/mol. The van der Waals surface area contributed by atoms with Gasteiger partial charge in [0, 0.05) is 0 Å². The van der Waals surface area contributed by atoms with Crippen molar-refractivity contribution in [3.63, 3.8) is 0 Å². The van der Waals surface area contributed by atoms with E-state index in [0.717, 1.165) is 0 Å². The van der Waals surface area contributed by atoms with Gasteiger partial charge in [-0.1, -0.05) is 0 Å². The summed E-state index contributed by atoms with van der Waals surface area (Å²) in [6.45, 7) is 7.06. The molecular formula is C20H49N4P. The van der Waals surface area contributed by atoms with Gasteiger partial charge < -0.3 is 0 Å². The van der Waals surface area contributed by atoms with Gasteiger partial charge in [-0.25, -0.2) is 0 Å². The molecule has 0 radical (unpaired) electrons. The van der Waals surface area contributed by atoms with Gasteiger partial charge in [-0.15, -0.1) is 0 Å². The molecule has 0 aliphatic heterocycles. The van der Waals surface area contributed by atoms with Gasteiger partial charge in [0.05, 0.1) is 0 Å². The Balaban J connectivity index is 5.01. The summed E-state index contributed by atoms with van der Waals surface area (Å²) >= 11 is 0. The number of nitrogens with zero attached hydrogens (tertiary/aromatic N) is 4. The van der Waals surface area contributed by atoms with Crippen molar-refractivity contribution in [2.24, 2.45) is 0 Å². The first kappa shape index (κ1) is 25.3. The second kappa shape index (κ2) is 14.3. The Labute approximate surface area is 160 Å². The van der Waals surface area contributed by atoms with Crippen molar-refractivity contribution >= 4 is 7.87 Å². The first-order valence-corrected chi connectivity index (χ1v) is 12.4. The van der Waals surface area contributed by atoms with Gasteiger partial charge in [-0.05, 0) is 0 Å². The maximum atomic E-state index is 2.84. The number of hydrogen-bond acceptors (Lipinski definition) is 4. The Morgan fingerprint density at radius 2 is 0.800 bits per heavy atom. The van der Waals surface area contributed by atoms with E-state index in [1.807, 2.05) is 0 Å². The van der Waals surface area contributed by atoms with E-state index in [2.05, 4.69) is 74.8 Å². The molecule has 0 atom stereocenters. The van der Waals surface area contributed by atoms with Crippen LogP contribution in [0.5, 0.6) is 0 Å². The van der Waals surface area contributed by atoms with Crippen molar-refractivity contribution < 1.29 is 0 Å². The predicted octanol–water partition coefficient (Wildman–Crippen LogP) is 5.32. The normalized spacial score (nSPS) is 13.6. The van der Waals surface area contributed by atoms with E-state index in [1.165, 1.54) is 77.3 Å². The third-order valence-electron chi connectivity index (χ3n) is 5.29. The molecule has 0 bridgehead atoms. The zero-order chi connectivity index (χ0) is 19.3. The molecular weight excluding hydrogens is 327 g/mol. The van der Waals surface area contributed by atoms with E-state index in [1.54, 1.807) is 0 Å². The molecule has 0 aliphatic carbocycles. The van der Waals surface area contributed by atoms with Crippen LogP contribution in [0.25, 0.3) is 0 Å². The van der Waals surface area contributed by atoms with Crippen molar-refractivity contribution in [2.75, 3.05) is 55.4 Å². The van der Waals surface area contributed by atoms with Crippen LogP contribution in [-0.4, -0.2) is 74.1 Å². The summed E-state index contributed by atoms with van der Waals surface area (Å²) in [4.78, 5) is 0. The fourth-order valence-corrected chi connectivity index (χ4v) is 9.29. The fourth-order valence-electron chi connectivity index (χ4n) is 4.27. The van der Waals surface area contributed by atoms with E-state index in [4.69, 9.17) is 0 Å². The summed E-state index contributed by atoms with van der Waals surface area (Å²) in [7, 11) is 11.7. The summed E-state index contributed by atoms with van der Waals surface area (Å²) in [5.74, 6) is 0. The van der Waals surface area contributed by atoms with Crippen LogP contribution in [0.4, 0.5) is 0 Å². The van der Waals surface area contributed by atoms with Crippen LogP contribution in [-0.2, 0) is 0 Å². The number of hydrogen-bond donors (Lipinski definition) is 0. The third-order valence-corrected chi connectivity index (χ3v) is 10.2. The van der Waals surface area contributed by atoms with Crippen LogP contribution in [0.2, 0.25) is 0 Å². The Morgan fingerprint density at radius 1 is 0.480 bits per heavy atom. The molecule has 0 aromatic rings. The summed E-state index contributed by atoms with van der Waals surface area (Å²) in [6, 6.07) is 0. The molecule has 0 saturated heterocycles. The van der Waals surface area contributed by atoms with E-state index in [0.29, 0.717) is 0 Å². The summed E-state index contributed by atoms with van der Waals surface area (Å²) in [5, 5.41) is 0. The van der Waals surface area contributed by atoms with Crippen LogP contribution in [0, 0.1) is 0 Å². The zero-order valence-electron chi connectivity index (χ0n) is 18.8. The quantitative estimate of drug-likeness (QED) is 0.267. The van der Waals surface area contributed by atoms with Crippen LogP contribution < -0.4 is 0 Å². The molecule has 5 heteroatoms. The van der Waals surface area contributed by atoms with Gasteiger partial charge in [0.2, 0.25) is 0 Å².